The summed E-state index contributed by atoms with van der Waals surface area (Å²) in [5.41, 5.74) is -0.561. The molecule has 0 aromatic heterocycles. The summed E-state index contributed by atoms with van der Waals surface area (Å²) in [5.74, 6) is 5.26. The molecule has 0 fully saturated rings. The summed E-state index contributed by atoms with van der Waals surface area (Å²) in [6.07, 6.45) is -5.85. The van der Waals surface area contributed by atoms with Gasteiger partial charge in [-0.15, -0.1) is 0 Å². The van der Waals surface area contributed by atoms with E-state index < -0.39 is 23.5 Å². The molecule has 0 atom stereocenters. The highest BCUT2D eigenvalue weighted by molar-refractivity contribution is 5.54. The lowest BCUT2D eigenvalue weighted by Gasteiger charge is -2.05. The topological polar surface area (TPSA) is 0 Å². The van der Waals surface area contributed by atoms with Crippen molar-refractivity contribution in [1.29, 1.82) is 0 Å². The third-order valence-electron chi connectivity index (χ3n) is 3.03. The standard InChI is InChI=1S/C18H10F6/c19-17(20,21)15-9-5-13(6-10-15)3-1-2-4-14-7-11-16(12-8-14)18(22,23)24/h1,3,5-12H/b3-1-. The van der Waals surface area contributed by atoms with Gasteiger partial charge >= 0.3 is 12.4 Å². The minimum Gasteiger partial charge on any atom is -0.166 e. The van der Waals surface area contributed by atoms with Gasteiger partial charge in [0, 0.05) is 5.56 Å². The predicted molar refractivity (Wildman–Crippen MR) is 78.8 cm³/mol. The molecule has 124 valence electrons. The van der Waals surface area contributed by atoms with E-state index in [2.05, 4.69) is 11.8 Å². The molecule has 0 aliphatic heterocycles. The Labute approximate surface area is 134 Å². The lowest BCUT2D eigenvalue weighted by atomic mass is 10.1. The van der Waals surface area contributed by atoms with Crippen molar-refractivity contribution >= 4 is 6.08 Å². The minimum atomic E-state index is -4.39. The van der Waals surface area contributed by atoms with E-state index in [9.17, 15) is 26.3 Å². The van der Waals surface area contributed by atoms with Crippen molar-refractivity contribution in [2.45, 2.75) is 12.4 Å². The highest BCUT2D eigenvalue weighted by Gasteiger charge is 2.30. The molecule has 2 aromatic carbocycles. The van der Waals surface area contributed by atoms with Crippen LogP contribution < -0.4 is 0 Å². The zero-order valence-corrected chi connectivity index (χ0v) is 12.0. The van der Waals surface area contributed by atoms with Gasteiger partial charge in [0.1, 0.15) is 0 Å². The first-order valence-corrected chi connectivity index (χ1v) is 6.69. The van der Waals surface area contributed by atoms with Gasteiger partial charge in [-0.3, -0.25) is 0 Å². The van der Waals surface area contributed by atoms with Crippen LogP contribution in [-0.4, -0.2) is 0 Å². The number of allylic oxidation sites excluding steroid dienone is 1. The summed E-state index contributed by atoms with van der Waals surface area (Å²) in [6.45, 7) is 0. The van der Waals surface area contributed by atoms with E-state index in [4.69, 9.17) is 0 Å². The van der Waals surface area contributed by atoms with Gasteiger partial charge in [0.15, 0.2) is 0 Å². The highest BCUT2D eigenvalue weighted by Crippen LogP contribution is 2.29. The Bertz CT molecular complexity index is 766. The third-order valence-corrected chi connectivity index (χ3v) is 3.03. The summed E-state index contributed by atoms with van der Waals surface area (Å²) in [6, 6.07) is 8.90. The minimum absolute atomic E-state index is 0.403. The highest BCUT2D eigenvalue weighted by atomic mass is 19.4. The average Bonchev–Trinajstić information content (AvgIpc) is 2.51. The summed E-state index contributed by atoms with van der Waals surface area (Å²) in [4.78, 5) is 0. The maximum atomic E-state index is 12.4. The van der Waals surface area contributed by atoms with Gasteiger partial charge in [0.2, 0.25) is 0 Å². The van der Waals surface area contributed by atoms with E-state index in [1.807, 2.05) is 0 Å². The van der Waals surface area contributed by atoms with Gasteiger partial charge in [-0.25, -0.2) is 0 Å². The normalized spacial score (nSPS) is 12.1. The molecule has 2 rings (SSSR count). The molecular weight excluding hydrogens is 330 g/mol. The number of halogens is 6. The number of rotatable bonds is 1. The van der Waals surface area contributed by atoms with Crippen LogP contribution in [0.15, 0.2) is 54.6 Å². The summed E-state index contributed by atoms with van der Waals surface area (Å²) < 4.78 is 74.4. The number of hydrogen-bond acceptors (Lipinski definition) is 0. The van der Waals surface area contributed by atoms with Crippen molar-refractivity contribution in [2.75, 3.05) is 0 Å². The van der Waals surface area contributed by atoms with E-state index in [-0.39, 0.29) is 0 Å². The zero-order chi connectivity index (χ0) is 17.8. The van der Waals surface area contributed by atoms with Crippen molar-refractivity contribution in [3.63, 3.8) is 0 Å². The maximum absolute atomic E-state index is 12.4. The summed E-state index contributed by atoms with van der Waals surface area (Å²) in [5, 5.41) is 0. The Balaban J connectivity index is 2.03. The fourth-order valence-electron chi connectivity index (χ4n) is 1.79. The summed E-state index contributed by atoms with van der Waals surface area (Å²) >= 11 is 0. The molecular formula is C18H10F6. The monoisotopic (exact) mass is 340 g/mol. The van der Waals surface area contributed by atoms with Crippen LogP contribution in [0.2, 0.25) is 0 Å². The van der Waals surface area contributed by atoms with Crippen LogP contribution in [0.4, 0.5) is 26.3 Å². The quantitative estimate of drug-likeness (QED) is 0.455. The van der Waals surface area contributed by atoms with Gasteiger partial charge in [-0.1, -0.05) is 24.0 Å². The SMILES string of the molecule is FC(F)(F)c1ccc(C#C/C=C\c2ccc(C(F)(F)F)cc2)cc1. The number of hydrogen-bond donors (Lipinski definition) is 0. The Kier molecular flexibility index (Phi) is 5.03. The van der Waals surface area contributed by atoms with Gasteiger partial charge in [-0.2, -0.15) is 26.3 Å². The maximum Gasteiger partial charge on any atom is 0.416 e. The Morgan fingerprint density at radius 1 is 0.667 bits per heavy atom. The van der Waals surface area contributed by atoms with Crippen LogP contribution in [-0.2, 0) is 12.4 Å². The van der Waals surface area contributed by atoms with Gasteiger partial charge < -0.3 is 0 Å². The summed E-state index contributed by atoms with van der Waals surface area (Å²) in [7, 11) is 0. The Morgan fingerprint density at radius 2 is 1.12 bits per heavy atom. The van der Waals surface area contributed by atoms with Gasteiger partial charge in [-0.05, 0) is 54.1 Å². The second-order valence-electron chi connectivity index (χ2n) is 4.80. The molecule has 0 saturated carbocycles. The van der Waals surface area contributed by atoms with E-state index in [0.29, 0.717) is 11.1 Å². The zero-order valence-electron chi connectivity index (χ0n) is 12.0. The van der Waals surface area contributed by atoms with Crippen LogP contribution in [0.1, 0.15) is 22.3 Å². The molecule has 0 N–H and O–H groups in total. The van der Waals surface area contributed by atoms with Crippen molar-refractivity contribution in [3.8, 4) is 11.8 Å². The molecule has 6 heteroatoms. The van der Waals surface area contributed by atoms with Gasteiger partial charge in [0.25, 0.3) is 0 Å². The average molecular weight is 340 g/mol. The van der Waals surface area contributed by atoms with E-state index >= 15 is 0 Å². The van der Waals surface area contributed by atoms with Crippen molar-refractivity contribution < 1.29 is 26.3 Å². The molecule has 0 saturated heterocycles. The molecule has 0 unspecified atom stereocenters. The largest absolute Gasteiger partial charge is 0.416 e. The lowest BCUT2D eigenvalue weighted by Crippen LogP contribution is -2.04. The first kappa shape index (κ1) is 17.7. The third kappa shape index (κ3) is 4.92. The molecule has 0 nitrogen and oxygen atoms in total. The first-order valence-electron chi connectivity index (χ1n) is 6.69. The molecule has 0 spiro atoms. The second kappa shape index (κ2) is 6.83. The Morgan fingerprint density at radius 3 is 1.58 bits per heavy atom. The van der Waals surface area contributed by atoms with Crippen LogP contribution >= 0.6 is 0 Å². The first-order chi connectivity index (χ1) is 11.2. The number of benzene rings is 2. The molecule has 0 amide bonds. The number of alkyl halides is 6. The second-order valence-corrected chi connectivity index (χ2v) is 4.80. The van der Waals surface area contributed by atoms with Crippen molar-refractivity contribution in [1.82, 2.24) is 0 Å². The molecule has 2 aromatic rings. The van der Waals surface area contributed by atoms with E-state index in [1.165, 1.54) is 36.4 Å². The van der Waals surface area contributed by atoms with Crippen LogP contribution in [0.3, 0.4) is 0 Å². The fourth-order valence-corrected chi connectivity index (χ4v) is 1.79. The van der Waals surface area contributed by atoms with Crippen LogP contribution in [0.25, 0.3) is 6.08 Å². The van der Waals surface area contributed by atoms with Crippen LogP contribution in [0.5, 0.6) is 0 Å². The van der Waals surface area contributed by atoms with Crippen molar-refractivity contribution in [3.05, 3.63) is 76.9 Å². The molecule has 0 heterocycles. The Hall–Kier alpha value is -2.68. The molecule has 0 aliphatic rings. The van der Waals surface area contributed by atoms with Crippen LogP contribution in [0, 0.1) is 11.8 Å². The fraction of sp³-hybridized carbons (Fsp3) is 0.111. The van der Waals surface area contributed by atoms with Gasteiger partial charge in [0.05, 0.1) is 11.1 Å². The smallest absolute Gasteiger partial charge is 0.166 e. The van der Waals surface area contributed by atoms with Crippen molar-refractivity contribution in [2.24, 2.45) is 0 Å². The van der Waals surface area contributed by atoms with E-state index in [1.54, 1.807) is 0 Å². The molecule has 0 radical (unpaired) electrons. The molecule has 0 bridgehead atoms. The lowest BCUT2D eigenvalue weighted by molar-refractivity contribution is -0.138. The molecule has 24 heavy (non-hydrogen) atoms. The predicted octanol–water partition coefficient (Wildman–Crippen LogP) is 5.79. The van der Waals surface area contributed by atoms with E-state index in [0.717, 1.165) is 24.3 Å². The molecule has 0 aliphatic carbocycles.